The molecule has 0 heterocycles. The normalized spacial score (nSPS) is 9.59. The first-order valence-corrected chi connectivity index (χ1v) is 6.84. The first-order valence-electron chi connectivity index (χ1n) is 6.47. The molecule has 0 unspecified atom stereocenters. The number of carbonyl (C=O) groups excluding carboxylic acids is 1. The molecule has 0 aliphatic rings. The number of nitrogens with one attached hydrogen (secondary N) is 1. The minimum atomic E-state index is -0.391. The summed E-state index contributed by atoms with van der Waals surface area (Å²) in [6.07, 6.45) is 0. The van der Waals surface area contributed by atoms with Gasteiger partial charge >= 0.3 is 0 Å². The zero-order valence-corrected chi connectivity index (χ0v) is 12.6. The molecule has 0 saturated heterocycles. The predicted octanol–water partition coefficient (Wildman–Crippen LogP) is 3.27. The van der Waals surface area contributed by atoms with Gasteiger partial charge in [0.05, 0.1) is 24.8 Å². The van der Waals surface area contributed by atoms with Crippen LogP contribution in [0.1, 0.15) is 15.9 Å². The van der Waals surface area contributed by atoms with Gasteiger partial charge in [0.25, 0.3) is 5.91 Å². The van der Waals surface area contributed by atoms with Gasteiger partial charge in [-0.25, -0.2) is 4.39 Å². The van der Waals surface area contributed by atoms with Gasteiger partial charge in [-0.05, 0) is 30.3 Å². The van der Waals surface area contributed by atoms with Crippen LogP contribution in [0.3, 0.4) is 0 Å². The lowest BCUT2D eigenvalue weighted by atomic mass is 10.2. The SMILES string of the molecule is COc1ccc(Cl)cc1C(=O)NCC#Cc1ccccc1F. The Bertz CT molecular complexity index is 750. The molecule has 0 atom stereocenters. The van der Waals surface area contributed by atoms with Gasteiger partial charge in [0.1, 0.15) is 11.6 Å². The highest BCUT2D eigenvalue weighted by Gasteiger charge is 2.11. The Morgan fingerprint density at radius 1 is 1.32 bits per heavy atom. The largest absolute Gasteiger partial charge is 0.496 e. The highest BCUT2D eigenvalue weighted by Crippen LogP contribution is 2.22. The number of benzene rings is 2. The maximum atomic E-state index is 13.4. The van der Waals surface area contributed by atoms with Crippen LogP contribution in [-0.2, 0) is 0 Å². The van der Waals surface area contributed by atoms with Crippen molar-refractivity contribution >= 4 is 17.5 Å². The van der Waals surface area contributed by atoms with E-state index in [1.165, 1.54) is 19.2 Å². The van der Waals surface area contributed by atoms with Crippen molar-refractivity contribution in [2.75, 3.05) is 13.7 Å². The number of methoxy groups -OCH3 is 1. The van der Waals surface area contributed by atoms with Crippen molar-refractivity contribution in [3.8, 4) is 17.6 Å². The van der Waals surface area contributed by atoms with Crippen molar-refractivity contribution in [1.29, 1.82) is 0 Å². The lowest BCUT2D eigenvalue weighted by Gasteiger charge is -2.08. The van der Waals surface area contributed by atoms with Crippen LogP contribution in [-0.4, -0.2) is 19.6 Å². The van der Waals surface area contributed by atoms with Gasteiger partial charge in [0.2, 0.25) is 0 Å². The number of rotatable bonds is 3. The molecule has 3 nitrogen and oxygen atoms in total. The van der Waals surface area contributed by atoms with Crippen molar-refractivity contribution in [3.05, 3.63) is 64.4 Å². The van der Waals surface area contributed by atoms with E-state index in [-0.39, 0.29) is 18.0 Å². The van der Waals surface area contributed by atoms with E-state index in [2.05, 4.69) is 17.2 Å². The molecule has 2 aromatic rings. The predicted molar refractivity (Wildman–Crippen MR) is 83.6 cm³/mol. The van der Waals surface area contributed by atoms with E-state index in [4.69, 9.17) is 16.3 Å². The summed E-state index contributed by atoms with van der Waals surface area (Å²) >= 11 is 5.87. The summed E-state index contributed by atoms with van der Waals surface area (Å²) < 4.78 is 18.5. The standard InChI is InChI=1S/C17H13ClFNO2/c1-22-16-9-8-13(18)11-14(16)17(21)20-10-4-6-12-5-2-3-7-15(12)19/h2-3,5,7-9,11H,10H2,1H3,(H,20,21). The summed E-state index contributed by atoms with van der Waals surface area (Å²) in [7, 11) is 1.47. The van der Waals surface area contributed by atoms with Gasteiger partial charge in [-0.1, -0.05) is 35.6 Å². The topological polar surface area (TPSA) is 38.3 Å². The van der Waals surface area contributed by atoms with E-state index in [0.29, 0.717) is 16.3 Å². The molecule has 0 radical (unpaired) electrons. The molecule has 0 aliphatic heterocycles. The zero-order valence-electron chi connectivity index (χ0n) is 11.8. The van der Waals surface area contributed by atoms with Crippen molar-refractivity contribution in [1.82, 2.24) is 5.32 Å². The van der Waals surface area contributed by atoms with E-state index >= 15 is 0 Å². The highest BCUT2D eigenvalue weighted by molar-refractivity contribution is 6.31. The smallest absolute Gasteiger partial charge is 0.255 e. The Morgan fingerprint density at radius 2 is 2.09 bits per heavy atom. The Labute approximate surface area is 133 Å². The minimum Gasteiger partial charge on any atom is -0.496 e. The quantitative estimate of drug-likeness (QED) is 0.882. The lowest BCUT2D eigenvalue weighted by Crippen LogP contribution is -2.24. The summed E-state index contributed by atoms with van der Waals surface area (Å²) in [4.78, 5) is 12.1. The first-order chi connectivity index (χ1) is 10.6. The molecule has 22 heavy (non-hydrogen) atoms. The van der Waals surface area contributed by atoms with E-state index < -0.39 is 5.82 Å². The monoisotopic (exact) mass is 317 g/mol. The number of hydrogen-bond acceptors (Lipinski definition) is 2. The van der Waals surface area contributed by atoms with Gasteiger partial charge in [-0.3, -0.25) is 4.79 Å². The molecule has 2 rings (SSSR count). The van der Waals surface area contributed by atoms with Crippen molar-refractivity contribution in [3.63, 3.8) is 0 Å². The molecular formula is C17H13ClFNO2. The summed E-state index contributed by atoms with van der Waals surface area (Å²) in [5.41, 5.74) is 0.611. The van der Waals surface area contributed by atoms with Crippen LogP contribution >= 0.6 is 11.6 Å². The van der Waals surface area contributed by atoms with Crippen LogP contribution in [0.5, 0.6) is 5.75 Å². The summed E-state index contributed by atoms with van der Waals surface area (Å²) in [6.45, 7) is 0.0861. The Kier molecular flexibility index (Phi) is 5.40. The fourth-order valence-electron chi connectivity index (χ4n) is 1.78. The van der Waals surface area contributed by atoms with E-state index in [9.17, 15) is 9.18 Å². The number of halogens is 2. The zero-order chi connectivity index (χ0) is 15.9. The van der Waals surface area contributed by atoms with Crippen LogP contribution in [0.15, 0.2) is 42.5 Å². The Morgan fingerprint density at radius 3 is 2.82 bits per heavy atom. The average molecular weight is 318 g/mol. The number of hydrogen-bond donors (Lipinski definition) is 1. The van der Waals surface area contributed by atoms with Crippen LogP contribution < -0.4 is 10.1 Å². The van der Waals surface area contributed by atoms with Crippen LogP contribution in [0.4, 0.5) is 4.39 Å². The molecule has 1 N–H and O–H groups in total. The maximum absolute atomic E-state index is 13.4. The second kappa shape index (κ2) is 7.48. The van der Waals surface area contributed by atoms with Gasteiger partial charge in [-0.2, -0.15) is 0 Å². The van der Waals surface area contributed by atoms with Gasteiger partial charge in [0.15, 0.2) is 0 Å². The average Bonchev–Trinajstić information content (AvgIpc) is 2.52. The van der Waals surface area contributed by atoms with Crippen LogP contribution in [0.2, 0.25) is 5.02 Å². The molecule has 0 bridgehead atoms. The van der Waals surface area contributed by atoms with Gasteiger partial charge in [-0.15, -0.1) is 0 Å². The van der Waals surface area contributed by atoms with Crippen molar-refractivity contribution in [2.45, 2.75) is 0 Å². The van der Waals surface area contributed by atoms with Crippen molar-refractivity contribution < 1.29 is 13.9 Å². The molecule has 5 heteroatoms. The van der Waals surface area contributed by atoms with E-state index in [1.54, 1.807) is 30.3 Å². The molecule has 1 amide bonds. The first kappa shape index (κ1) is 15.9. The molecule has 2 aromatic carbocycles. The maximum Gasteiger partial charge on any atom is 0.255 e. The molecule has 0 spiro atoms. The van der Waals surface area contributed by atoms with Gasteiger partial charge < -0.3 is 10.1 Å². The minimum absolute atomic E-state index is 0.0861. The molecule has 0 fully saturated rings. The van der Waals surface area contributed by atoms with Gasteiger partial charge in [0, 0.05) is 5.02 Å². The fourth-order valence-corrected chi connectivity index (χ4v) is 1.95. The van der Waals surface area contributed by atoms with Crippen LogP contribution in [0.25, 0.3) is 0 Å². The number of carbonyl (C=O) groups is 1. The Hall–Kier alpha value is -2.51. The molecule has 0 aliphatic carbocycles. The molecule has 0 saturated carbocycles. The Balaban J connectivity index is 2.03. The number of ether oxygens (including phenoxy) is 1. The third kappa shape index (κ3) is 4.00. The molecule has 0 aromatic heterocycles. The molecule has 112 valence electrons. The third-order valence-electron chi connectivity index (χ3n) is 2.84. The van der Waals surface area contributed by atoms with Crippen molar-refractivity contribution in [2.24, 2.45) is 0 Å². The highest BCUT2D eigenvalue weighted by atomic mass is 35.5. The molecular weight excluding hydrogens is 305 g/mol. The fraction of sp³-hybridized carbons (Fsp3) is 0.118. The third-order valence-corrected chi connectivity index (χ3v) is 3.08. The second-order valence-corrected chi connectivity index (χ2v) is 4.75. The van der Waals surface area contributed by atoms with E-state index in [0.717, 1.165) is 0 Å². The second-order valence-electron chi connectivity index (χ2n) is 4.31. The number of amides is 1. The van der Waals surface area contributed by atoms with E-state index in [1.807, 2.05) is 0 Å². The summed E-state index contributed by atoms with van der Waals surface area (Å²) in [5, 5.41) is 3.05. The summed E-state index contributed by atoms with van der Waals surface area (Å²) in [6, 6.07) is 11.0. The summed E-state index contributed by atoms with van der Waals surface area (Å²) in [5.74, 6) is 5.03. The van der Waals surface area contributed by atoms with Crippen LogP contribution in [0, 0.1) is 17.7 Å². The lowest BCUT2D eigenvalue weighted by molar-refractivity contribution is 0.0955.